The Labute approximate surface area is 106 Å². The van der Waals surface area contributed by atoms with Gasteiger partial charge in [0.05, 0.1) is 0 Å². The van der Waals surface area contributed by atoms with E-state index in [9.17, 15) is 4.79 Å². The van der Waals surface area contributed by atoms with E-state index in [4.69, 9.17) is 5.73 Å². The third-order valence-electron chi connectivity index (χ3n) is 3.00. The molecule has 17 heavy (non-hydrogen) atoms. The van der Waals surface area contributed by atoms with Crippen LogP contribution in [0.1, 0.15) is 23.6 Å². The van der Waals surface area contributed by atoms with Crippen LogP contribution >= 0.6 is 11.8 Å². The Morgan fingerprint density at radius 3 is 2.94 bits per heavy atom. The molecule has 0 aliphatic carbocycles. The highest BCUT2D eigenvalue weighted by Gasteiger charge is 2.19. The molecular formula is C13H18N2OS. The van der Waals surface area contributed by atoms with Crippen LogP contribution in [0.2, 0.25) is 0 Å². The maximum Gasteiger partial charge on any atom is 0.243 e. The number of hydrogen-bond acceptors (Lipinski definition) is 3. The molecular weight excluding hydrogens is 232 g/mol. The highest BCUT2D eigenvalue weighted by molar-refractivity contribution is 7.99. The fraction of sp³-hybridized carbons (Fsp3) is 0.462. The molecule has 0 radical (unpaired) electrons. The van der Waals surface area contributed by atoms with Crippen LogP contribution in [-0.2, 0) is 11.2 Å². The molecule has 92 valence electrons. The number of aryl methyl sites for hydroxylation is 1. The standard InChI is InChI=1S/C13H18N2OS/c1-15(2)13(16)12(14)10-5-6-11-9(8-10)4-3-7-17-11/h5-6,8,12H,3-4,7,14H2,1-2H3. The molecule has 1 aliphatic rings. The maximum atomic E-state index is 11.8. The molecule has 1 aromatic carbocycles. The molecule has 2 rings (SSSR count). The van der Waals surface area contributed by atoms with Crippen LogP contribution < -0.4 is 5.73 Å². The molecule has 0 bridgehead atoms. The van der Waals surface area contributed by atoms with E-state index < -0.39 is 6.04 Å². The third-order valence-corrected chi connectivity index (χ3v) is 4.20. The summed E-state index contributed by atoms with van der Waals surface area (Å²) in [4.78, 5) is 14.7. The van der Waals surface area contributed by atoms with E-state index in [0.717, 1.165) is 12.0 Å². The van der Waals surface area contributed by atoms with Crippen molar-refractivity contribution in [3.8, 4) is 0 Å². The summed E-state index contributed by atoms with van der Waals surface area (Å²) in [7, 11) is 3.47. The molecule has 1 amide bonds. The summed E-state index contributed by atoms with van der Waals surface area (Å²) in [6.07, 6.45) is 2.30. The zero-order valence-electron chi connectivity index (χ0n) is 10.3. The minimum atomic E-state index is -0.540. The van der Waals surface area contributed by atoms with Crippen LogP contribution in [0.3, 0.4) is 0 Å². The number of fused-ring (bicyclic) bond motifs is 1. The second kappa shape index (κ2) is 5.10. The van der Waals surface area contributed by atoms with E-state index in [1.165, 1.54) is 22.6 Å². The summed E-state index contributed by atoms with van der Waals surface area (Å²) in [5.74, 6) is 1.14. The molecule has 0 saturated carbocycles. The van der Waals surface area contributed by atoms with E-state index in [-0.39, 0.29) is 5.91 Å². The number of amides is 1. The van der Waals surface area contributed by atoms with Gasteiger partial charge in [0.15, 0.2) is 0 Å². The highest BCUT2D eigenvalue weighted by Crippen LogP contribution is 2.31. The van der Waals surface area contributed by atoms with Crippen molar-refractivity contribution >= 4 is 17.7 Å². The minimum Gasteiger partial charge on any atom is -0.347 e. The summed E-state index contributed by atoms with van der Waals surface area (Å²) in [6, 6.07) is 5.62. The summed E-state index contributed by atoms with van der Waals surface area (Å²) < 4.78 is 0. The van der Waals surface area contributed by atoms with Gasteiger partial charge in [0, 0.05) is 19.0 Å². The van der Waals surface area contributed by atoms with E-state index in [1.807, 2.05) is 17.8 Å². The normalized spacial score (nSPS) is 16.2. The molecule has 1 atom stereocenters. The number of thioether (sulfide) groups is 1. The highest BCUT2D eigenvalue weighted by atomic mass is 32.2. The molecule has 1 unspecified atom stereocenters. The Morgan fingerprint density at radius 2 is 2.24 bits per heavy atom. The number of nitrogens with two attached hydrogens (primary N) is 1. The van der Waals surface area contributed by atoms with Gasteiger partial charge >= 0.3 is 0 Å². The van der Waals surface area contributed by atoms with Crippen molar-refractivity contribution in [3.05, 3.63) is 29.3 Å². The molecule has 0 aromatic heterocycles. The van der Waals surface area contributed by atoms with Crippen LogP contribution in [0.5, 0.6) is 0 Å². The van der Waals surface area contributed by atoms with Crippen LogP contribution in [0.15, 0.2) is 23.1 Å². The monoisotopic (exact) mass is 250 g/mol. The van der Waals surface area contributed by atoms with E-state index in [2.05, 4.69) is 12.1 Å². The Kier molecular flexibility index (Phi) is 3.74. The van der Waals surface area contributed by atoms with Gasteiger partial charge in [-0.25, -0.2) is 0 Å². The van der Waals surface area contributed by atoms with Crippen LogP contribution in [-0.4, -0.2) is 30.7 Å². The predicted octanol–water partition coefficient (Wildman–Crippen LogP) is 1.81. The molecule has 2 N–H and O–H groups in total. The molecule has 4 heteroatoms. The number of rotatable bonds is 2. The molecule has 0 spiro atoms. The lowest BCUT2D eigenvalue weighted by Crippen LogP contribution is -2.33. The van der Waals surface area contributed by atoms with Crippen molar-refractivity contribution in [3.63, 3.8) is 0 Å². The second-order valence-electron chi connectivity index (χ2n) is 4.53. The molecule has 3 nitrogen and oxygen atoms in total. The molecule has 1 heterocycles. The Morgan fingerprint density at radius 1 is 1.47 bits per heavy atom. The van der Waals surface area contributed by atoms with Gasteiger partial charge in [0.2, 0.25) is 5.91 Å². The summed E-state index contributed by atoms with van der Waals surface area (Å²) in [5, 5.41) is 0. The van der Waals surface area contributed by atoms with Crippen LogP contribution in [0.4, 0.5) is 0 Å². The van der Waals surface area contributed by atoms with Gasteiger partial charge in [-0.05, 0) is 35.8 Å². The Hall–Kier alpha value is -1.00. The summed E-state index contributed by atoms with van der Waals surface area (Å²) in [6.45, 7) is 0. The number of carbonyl (C=O) groups excluding carboxylic acids is 1. The average Bonchev–Trinajstić information content (AvgIpc) is 2.36. The molecule has 0 fully saturated rings. The van der Waals surface area contributed by atoms with Gasteiger partial charge < -0.3 is 10.6 Å². The summed E-state index contributed by atoms with van der Waals surface area (Å²) in [5.41, 5.74) is 8.23. The lowest BCUT2D eigenvalue weighted by Gasteiger charge is -2.20. The minimum absolute atomic E-state index is 0.0478. The van der Waals surface area contributed by atoms with E-state index >= 15 is 0 Å². The van der Waals surface area contributed by atoms with Crippen LogP contribution in [0.25, 0.3) is 0 Å². The van der Waals surface area contributed by atoms with Gasteiger partial charge in [-0.1, -0.05) is 12.1 Å². The quantitative estimate of drug-likeness (QED) is 0.871. The first kappa shape index (κ1) is 12.5. The number of benzene rings is 1. The molecule has 0 saturated heterocycles. The van der Waals surface area contributed by atoms with E-state index in [1.54, 1.807) is 19.0 Å². The van der Waals surface area contributed by atoms with Gasteiger partial charge in [-0.15, -0.1) is 11.8 Å². The van der Waals surface area contributed by atoms with E-state index in [0.29, 0.717) is 0 Å². The summed E-state index contributed by atoms with van der Waals surface area (Å²) >= 11 is 1.89. The smallest absolute Gasteiger partial charge is 0.243 e. The van der Waals surface area contributed by atoms with Crippen molar-refractivity contribution in [2.45, 2.75) is 23.8 Å². The SMILES string of the molecule is CN(C)C(=O)C(N)c1ccc2c(c1)CCCS2. The fourth-order valence-corrected chi connectivity index (χ4v) is 3.01. The average molecular weight is 250 g/mol. The van der Waals surface area contributed by atoms with Crippen LogP contribution in [0, 0.1) is 0 Å². The maximum absolute atomic E-state index is 11.8. The first-order chi connectivity index (χ1) is 8.09. The Balaban J connectivity index is 2.24. The van der Waals surface area contributed by atoms with Crippen molar-refractivity contribution in [2.75, 3.05) is 19.8 Å². The zero-order valence-corrected chi connectivity index (χ0v) is 11.1. The van der Waals surface area contributed by atoms with Gasteiger partial charge in [0.25, 0.3) is 0 Å². The number of carbonyl (C=O) groups is 1. The third kappa shape index (κ3) is 2.64. The molecule has 1 aromatic rings. The first-order valence-corrected chi connectivity index (χ1v) is 6.80. The Bertz CT molecular complexity index is 431. The second-order valence-corrected chi connectivity index (χ2v) is 5.67. The number of hydrogen-bond donors (Lipinski definition) is 1. The van der Waals surface area contributed by atoms with Crippen molar-refractivity contribution in [1.29, 1.82) is 0 Å². The number of likely N-dealkylation sites (N-methyl/N-ethyl adjacent to an activating group) is 1. The van der Waals surface area contributed by atoms with Gasteiger partial charge in [-0.2, -0.15) is 0 Å². The first-order valence-electron chi connectivity index (χ1n) is 5.82. The largest absolute Gasteiger partial charge is 0.347 e. The van der Waals surface area contributed by atoms with Crippen molar-refractivity contribution in [1.82, 2.24) is 4.90 Å². The van der Waals surface area contributed by atoms with Crippen molar-refractivity contribution in [2.24, 2.45) is 5.73 Å². The predicted molar refractivity (Wildman–Crippen MR) is 71.1 cm³/mol. The lowest BCUT2D eigenvalue weighted by atomic mass is 10.0. The van der Waals surface area contributed by atoms with Gasteiger partial charge in [-0.3, -0.25) is 4.79 Å². The topological polar surface area (TPSA) is 46.3 Å². The number of nitrogens with zero attached hydrogens (tertiary/aromatic N) is 1. The zero-order chi connectivity index (χ0) is 12.4. The van der Waals surface area contributed by atoms with Gasteiger partial charge in [0.1, 0.15) is 6.04 Å². The molecule has 1 aliphatic heterocycles. The van der Waals surface area contributed by atoms with Crippen molar-refractivity contribution < 1.29 is 4.79 Å². The fourth-order valence-electron chi connectivity index (χ4n) is 1.99. The lowest BCUT2D eigenvalue weighted by molar-refractivity contribution is -0.130.